The summed E-state index contributed by atoms with van der Waals surface area (Å²) in [6.45, 7) is 2.85. The molecule has 3 N–H and O–H groups in total. The fourth-order valence-electron chi connectivity index (χ4n) is 4.32. The molecule has 7 nitrogen and oxygen atoms in total. The van der Waals surface area contributed by atoms with Gasteiger partial charge in [-0.25, -0.2) is 13.8 Å². The second-order valence-corrected chi connectivity index (χ2v) is 8.70. The summed E-state index contributed by atoms with van der Waals surface area (Å²) in [5, 5.41) is 2.14. The summed E-state index contributed by atoms with van der Waals surface area (Å²) in [5.74, 6) is -3.03. The zero-order valence-corrected chi connectivity index (χ0v) is 19.5. The Kier molecular flexibility index (Phi) is 7.43. The van der Waals surface area contributed by atoms with Crippen molar-refractivity contribution in [2.75, 3.05) is 18.0 Å². The van der Waals surface area contributed by atoms with Gasteiger partial charge in [-0.2, -0.15) is 0 Å². The molecule has 1 atom stereocenters. The molecule has 0 spiro atoms. The topological polar surface area (TPSA) is 97.0 Å². The summed E-state index contributed by atoms with van der Waals surface area (Å²) in [4.78, 5) is 29.5. The van der Waals surface area contributed by atoms with Gasteiger partial charge < -0.3 is 15.4 Å². The first-order chi connectivity index (χ1) is 16.8. The molecule has 2 aliphatic rings. The highest BCUT2D eigenvalue weighted by atomic mass is 19.1. The predicted molar refractivity (Wildman–Crippen MR) is 129 cm³/mol. The summed E-state index contributed by atoms with van der Waals surface area (Å²) in [6, 6.07) is 12.2. The zero-order chi connectivity index (χ0) is 24.9. The van der Waals surface area contributed by atoms with Gasteiger partial charge in [0, 0.05) is 37.2 Å². The molecule has 2 aromatic carbocycles. The van der Waals surface area contributed by atoms with Crippen LogP contribution in [-0.4, -0.2) is 37.0 Å². The van der Waals surface area contributed by atoms with Crippen molar-refractivity contribution in [1.29, 1.82) is 0 Å². The average molecular weight is 483 g/mol. The Balaban J connectivity index is 1.37. The highest BCUT2D eigenvalue weighted by Crippen LogP contribution is 2.33. The number of amides is 2. The second-order valence-electron chi connectivity index (χ2n) is 8.70. The minimum absolute atomic E-state index is 0.0485. The van der Waals surface area contributed by atoms with Crippen LogP contribution >= 0.6 is 0 Å². The van der Waals surface area contributed by atoms with Gasteiger partial charge in [-0.3, -0.25) is 14.9 Å². The molecule has 0 saturated carbocycles. The van der Waals surface area contributed by atoms with Gasteiger partial charge in [0.25, 0.3) is 6.02 Å². The number of carbonyl (C=O) groups excluding carboxylic acids is 2. The fourth-order valence-corrected chi connectivity index (χ4v) is 4.32. The molecule has 0 bridgehead atoms. The molecule has 0 aliphatic carbocycles. The number of amidine groups is 1. The molecule has 0 aromatic heterocycles. The first kappa shape index (κ1) is 24.4. The normalized spacial score (nSPS) is 19.4. The lowest BCUT2D eigenvalue weighted by Gasteiger charge is -2.39. The molecule has 2 saturated heterocycles. The lowest BCUT2D eigenvalue weighted by molar-refractivity contribution is -0.134. The summed E-state index contributed by atoms with van der Waals surface area (Å²) < 4.78 is 35.3. The van der Waals surface area contributed by atoms with E-state index in [-0.39, 0.29) is 30.5 Å². The van der Waals surface area contributed by atoms with Gasteiger partial charge in [-0.05, 0) is 36.6 Å². The molecule has 2 aromatic rings. The third-order valence-corrected chi connectivity index (χ3v) is 6.08. The van der Waals surface area contributed by atoms with Gasteiger partial charge in [0.2, 0.25) is 11.8 Å². The van der Waals surface area contributed by atoms with Crippen molar-refractivity contribution in [2.24, 2.45) is 10.7 Å². The van der Waals surface area contributed by atoms with E-state index in [1.807, 2.05) is 43.3 Å². The van der Waals surface area contributed by atoms with Gasteiger partial charge in [-0.15, -0.1) is 0 Å². The number of carbonyl (C=O) groups is 2. The fraction of sp³-hybridized carbons (Fsp3) is 0.346. The number of aliphatic imine (C=N–C) groups is 1. The van der Waals surface area contributed by atoms with Crippen LogP contribution in [0.3, 0.4) is 0 Å². The molecule has 2 aliphatic heterocycles. The Hall–Kier alpha value is -3.75. The van der Waals surface area contributed by atoms with E-state index >= 15 is 0 Å². The Morgan fingerprint density at radius 2 is 1.89 bits per heavy atom. The third-order valence-electron chi connectivity index (χ3n) is 6.08. The molecule has 4 rings (SSSR count). The van der Waals surface area contributed by atoms with Crippen molar-refractivity contribution in [3.8, 4) is 0 Å². The van der Waals surface area contributed by atoms with Crippen molar-refractivity contribution in [1.82, 2.24) is 5.32 Å². The minimum Gasteiger partial charge on any atom is -0.431 e. The monoisotopic (exact) mass is 482 g/mol. The predicted octanol–water partition coefficient (Wildman–Crippen LogP) is 3.54. The smallest absolute Gasteiger partial charge is 0.287 e. The number of imide groups is 1. The van der Waals surface area contributed by atoms with Crippen LogP contribution < -0.4 is 16.0 Å². The van der Waals surface area contributed by atoms with E-state index < -0.39 is 29.4 Å². The number of hydrogen-bond donors (Lipinski definition) is 2. The molecule has 1 unspecified atom stereocenters. The molecule has 0 radical (unpaired) electrons. The molecular formula is C26H28F2N4O3. The van der Waals surface area contributed by atoms with Crippen molar-refractivity contribution >= 4 is 23.5 Å². The number of rotatable bonds is 7. The molecule has 9 heteroatoms. The van der Waals surface area contributed by atoms with Crippen molar-refractivity contribution in [2.45, 2.75) is 44.6 Å². The Morgan fingerprint density at radius 1 is 1.20 bits per heavy atom. The summed E-state index contributed by atoms with van der Waals surface area (Å²) in [7, 11) is 0. The molecule has 35 heavy (non-hydrogen) atoms. The highest BCUT2D eigenvalue weighted by Gasteiger charge is 2.34. The number of nitrogens with two attached hydrogens (primary N) is 1. The number of benzene rings is 2. The van der Waals surface area contributed by atoms with E-state index in [0.29, 0.717) is 31.0 Å². The maximum Gasteiger partial charge on any atom is 0.287 e. The number of halogens is 2. The van der Waals surface area contributed by atoms with E-state index in [1.165, 1.54) is 12.1 Å². The van der Waals surface area contributed by atoms with Crippen molar-refractivity contribution < 1.29 is 23.1 Å². The van der Waals surface area contributed by atoms with Gasteiger partial charge in [0.05, 0.1) is 12.0 Å². The van der Waals surface area contributed by atoms with Gasteiger partial charge in [0.1, 0.15) is 17.4 Å². The largest absolute Gasteiger partial charge is 0.431 e. The first-order valence-electron chi connectivity index (χ1n) is 11.7. The average Bonchev–Trinajstić information content (AvgIpc) is 2.77. The number of ether oxygens (including phenoxy) is 1. The van der Waals surface area contributed by atoms with Crippen LogP contribution in [0.1, 0.15) is 43.2 Å². The number of allylic oxidation sites excluding steroid dienone is 2. The molecule has 2 amide bonds. The number of piperidine rings is 1. The molecule has 184 valence electrons. The van der Waals surface area contributed by atoms with Crippen LogP contribution in [0.15, 0.2) is 59.3 Å². The zero-order valence-electron chi connectivity index (χ0n) is 19.5. The second kappa shape index (κ2) is 10.7. The summed E-state index contributed by atoms with van der Waals surface area (Å²) >= 11 is 0. The van der Waals surface area contributed by atoms with Crippen LogP contribution in [0, 0.1) is 11.6 Å². The molecule has 2 heterocycles. The summed E-state index contributed by atoms with van der Waals surface area (Å²) in [6.07, 6.45) is 3.47. The van der Waals surface area contributed by atoms with Crippen LogP contribution in [0.5, 0.6) is 0 Å². The van der Waals surface area contributed by atoms with E-state index in [1.54, 1.807) is 4.90 Å². The quantitative estimate of drug-likeness (QED) is 0.272. The number of nitrogens with one attached hydrogen (secondary N) is 1. The van der Waals surface area contributed by atoms with E-state index in [0.717, 1.165) is 12.0 Å². The van der Waals surface area contributed by atoms with Crippen LogP contribution in [0.2, 0.25) is 0 Å². The van der Waals surface area contributed by atoms with E-state index in [2.05, 4.69) is 10.3 Å². The lowest BCUT2D eigenvalue weighted by Crippen LogP contribution is -2.51. The minimum atomic E-state index is -1.02. The number of hydrogen-bond acceptors (Lipinski definition) is 5. The Labute approximate surface area is 202 Å². The highest BCUT2D eigenvalue weighted by molar-refractivity contribution is 6.01. The van der Waals surface area contributed by atoms with Crippen LogP contribution in [0.4, 0.5) is 14.5 Å². The maximum absolute atomic E-state index is 14.8. The van der Waals surface area contributed by atoms with Crippen molar-refractivity contribution in [3.05, 3.63) is 77.1 Å². The lowest BCUT2D eigenvalue weighted by atomic mass is 9.89. The Bertz CT molecular complexity index is 1140. The van der Waals surface area contributed by atoms with Crippen molar-refractivity contribution in [3.63, 3.8) is 0 Å². The van der Waals surface area contributed by atoms with Crippen LogP contribution in [-0.2, 0) is 20.7 Å². The Morgan fingerprint density at radius 3 is 2.51 bits per heavy atom. The molecule has 2 fully saturated rings. The SMILES string of the molecule is CC/C=C(\Cc1ccccc1)OC(N)=NC1CN(c2cc(F)c(C3CCC(=O)NC3=O)c(F)c2)C1. The standard InChI is InChI=1S/C26H28F2N4O3/c1-2-6-19(11-16-7-4-3-5-8-16)35-26(29)30-17-14-32(15-17)18-12-21(27)24(22(28)13-18)20-9-10-23(33)31-25(20)34/h3-8,12-13,17,20H,2,9-11,14-15H2,1H3,(H2,29,30)(H,31,33,34)/b19-6+. The first-order valence-corrected chi connectivity index (χ1v) is 11.7. The number of nitrogens with zero attached hydrogens (tertiary/aromatic N) is 2. The maximum atomic E-state index is 14.8. The van der Waals surface area contributed by atoms with Gasteiger partial charge in [-0.1, -0.05) is 37.3 Å². The van der Waals surface area contributed by atoms with Gasteiger partial charge >= 0.3 is 0 Å². The third kappa shape index (κ3) is 5.85. The number of anilines is 1. The van der Waals surface area contributed by atoms with Gasteiger partial charge in [0.15, 0.2) is 0 Å². The summed E-state index contributed by atoms with van der Waals surface area (Å²) in [5.41, 5.74) is 7.16. The van der Waals surface area contributed by atoms with E-state index in [4.69, 9.17) is 10.5 Å². The van der Waals surface area contributed by atoms with E-state index in [9.17, 15) is 18.4 Å². The molecular weight excluding hydrogens is 454 g/mol. The van der Waals surface area contributed by atoms with Crippen LogP contribution in [0.25, 0.3) is 0 Å².